The third kappa shape index (κ3) is 2.24. The molecule has 0 N–H and O–H groups in total. The molecule has 0 amide bonds. The Kier molecular flexibility index (Phi) is 2.75. The van der Waals surface area contributed by atoms with E-state index in [-0.39, 0.29) is 0 Å². The second-order valence-electron chi connectivity index (χ2n) is 4.46. The lowest BCUT2D eigenvalue weighted by atomic mass is 10.2. The van der Waals surface area contributed by atoms with Gasteiger partial charge in [-0.3, -0.25) is 0 Å². The Morgan fingerprint density at radius 1 is 1.09 bits per heavy atom. The van der Waals surface area contributed by atoms with Gasteiger partial charge in [-0.1, -0.05) is 5.16 Å². The van der Waals surface area contributed by atoms with Crippen molar-refractivity contribution in [3.8, 4) is 23.0 Å². The number of fused-ring (bicyclic) bond motifs is 1. The Bertz CT molecular complexity index is 929. The average molecular weight is 295 g/mol. The van der Waals surface area contributed by atoms with Gasteiger partial charge >= 0.3 is 0 Å². The Morgan fingerprint density at radius 2 is 1.95 bits per heavy atom. The van der Waals surface area contributed by atoms with E-state index in [0.29, 0.717) is 29.0 Å². The highest BCUT2D eigenvalue weighted by molar-refractivity contribution is 5.55. The van der Waals surface area contributed by atoms with Gasteiger partial charge in [-0.05, 0) is 40.8 Å². The van der Waals surface area contributed by atoms with Crippen molar-refractivity contribution in [2.45, 2.75) is 6.92 Å². The highest BCUT2D eigenvalue weighted by Crippen LogP contribution is 2.23. The van der Waals surface area contributed by atoms with Gasteiger partial charge in [-0.25, -0.2) is 0 Å². The van der Waals surface area contributed by atoms with Gasteiger partial charge in [0.15, 0.2) is 5.65 Å². The van der Waals surface area contributed by atoms with Gasteiger partial charge in [0.05, 0.1) is 0 Å². The molecule has 4 aromatic rings. The number of nitrogens with zero attached hydrogens (tertiary/aromatic N) is 7. The van der Waals surface area contributed by atoms with E-state index >= 15 is 0 Å². The van der Waals surface area contributed by atoms with Crippen LogP contribution < -0.4 is 4.74 Å². The molecule has 0 fully saturated rings. The molecule has 0 atom stereocenters. The van der Waals surface area contributed by atoms with E-state index in [0.717, 1.165) is 5.56 Å². The fourth-order valence-electron chi connectivity index (χ4n) is 1.90. The van der Waals surface area contributed by atoms with Crippen LogP contribution in [0.4, 0.5) is 0 Å². The normalized spacial score (nSPS) is 11.0. The predicted molar refractivity (Wildman–Crippen MR) is 73.1 cm³/mol. The summed E-state index contributed by atoms with van der Waals surface area (Å²) in [6.07, 6.45) is 0. The minimum Gasteiger partial charge on any atom is -0.438 e. The summed E-state index contributed by atoms with van der Waals surface area (Å²) in [5.74, 6) is 2.08. The molecule has 0 aliphatic heterocycles. The molecule has 4 rings (SSSR count). The van der Waals surface area contributed by atoms with Crippen LogP contribution >= 0.6 is 0 Å². The lowest BCUT2D eigenvalue weighted by molar-refractivity contribution is 0.394. The number of tetrazole rings is 1. The van der Waals surface area contributed by atoms with E-state index in [2.05, 4.69) is 30.8 Å². The largest absolute Gasteiger partial charge is 0.438 e. The molecule has 0 saturated carbocycles. The van der Waals surface area contributed by atoms with Crippen molar-refractivity contribution in [1.82, 2.24) is 35.4 Å². The second-order valence-corrected chi connectivity index (χ2v) is 4.46. The van der Waals surface area contributed by atoms with Crippen molar-refractivity contribution in [3.63, 3.8) is 0 Å². The minimum atomic E-state index is 0.392. The Labute approximate surface area is 123 Å². The van der Waals surface area contributed by atoms with Crippen LogP contribution in [0.15, 0.2) is 40.9 Å². The first-order chi connectivity index (χ1) is 10.8. The molecule has 9 heteroatoms. The molecule has 0 unspecified atom stereocenters. The number of aromatic nitrogens is 7. The van der Waals surface area contributed by atoms with Crippen LogP contribution in [0.25, 0.3) is 17.0 Å². The van der Waals surface area contributed by atoms with Crippen LogP contribution in [0.3, 0.4) is 0 Å². The molecule has 1 aromatic carbocycles. The van der Waals surface area contributed by atoms with Gasteiger partial charge < -0.3 is 9.26 Å². The lowest BCUT2D eigenvalue weighted by Crippen LogP contribution is -1.97. The summed E-state index contributed by atoms with van der Waals surface area (Å²) < 4.78 is 11.9. The third-order valence-corrected chi connectivity index (χ3v) is 2.91. The van der Waals surface area contributed by atoms with E-state index in [9.17, 15) is 0 Å². The first-order valence-electron chi connectivity index (χ1n) is 6.42. The van der Waals surface area contributed by atoms with Gasteiger partial charge in [-0.15, -0.1) is 14.8 Å². The number of benzene rings is 1. The summed E-state index contributed by atoms with van der Waals surface area (Å²) in [5, 5.41) is 19.0. The molecule has 0 aliphatic carbocycles. The van der Waals surface area contributed by atoms with Crippen LogP contribution in [0, 0.1) is 6.92 Å². The standard InChI is InChI=1S/C13H9N7O2/c1-8-14-13(17-22-8)9-2-4-10(5-3-9)21-12-7-6-11-15-18-19-20(11)16-12/h2-7H,1H3. The average Bonchev–Trinajstić information content (AvgIpc) is 3.16. The van der Waals surface area contributed by atoms with Crippen molar-refractivity contribution in [2.24, 2.45) is 0 Å². The minimum absolute atomic E-state index is 0.392. The fraction of sp³-hybridized carbons (Fsp3) is 0.0769. The molecule has 22 heavy (non-hydrogen) atoms. The Hall–Kier alpha value is -3.36. The zero-order chi connectivity index (χ0) is 14.9. The van der Waals surface area contributed by atoms with Gasteiger partial charge in [0, 0.05) is 18.6 Å². The number of hydrogen-bond donors (Lipinski definition) is 0. The van der Waals surface area contributed by atoms with Crippen LogP contribution in [0.5, 0.6) is 11.6 Å². The van der Waals surface area contributed by atoms with E-state index in [1.54, 1.807) is 31.2 Å². The maximum Gasteiger partial charge on any atom is 0.239 e. The Morgan fingerprint density at radius 3 is 2.73 bits per heavy atom. The molecule has 0 saturated heterocycles. The van der Waals surface area contributed by atoms with E-state index in [4.69, 9.17) is 9.26 Å². The van der Waals surface area contributed by atoms with Crippen LogP contribution in [0.2, 0.25) is 0 Å². The highest BCUT2D eigenvalue weighted by Gasteiger charge is 2.07. The summed E-state index contributed by atoms with van der Waals surface area (Å²) in [4.78, 5) is 4.17. The summed E-state index contributed by atoms with van der Waals surface area (Å²) in [7, 11) is 0. The highest BCUT2D eigenvalue weighted by atomic mass is 16.5. The van der Waals surface area contributed by atoms with Crippen molar-refractivity contribution in [1.29, 1.82) is 0 Å². The fourth-order valence-corrected chi connectivity index (χ4v) is 1.90. The number of aryl methyl sites for hydroxylation is 1. The molecule has 108 valence electrons. The first-order valence-corrected chi connectivity index (χ1v) is 6.42. The topological polar surface area (TPSA) is 104 Å². The zero-order valence-electron chi connectivity index (χ0n) is 11.4. The van der Waals surface area contributed by atoms with Gasteiger partial charge in [0.1, 0.15) is 5.75 Å². The van der Waals surface area contributed by atoms with E-state index < -0.39 is 0 Å². The maximum atomic E-state index is 5.66. The van der Waals surface area contributed by atoms with E-state index in [1.165, 1.54) is 4.63 Å². The molecule has 0 aliphatic rings. The maximum absolute atomic E-state index is 5.66. The van der Waals surface area contributed by atoms with E-state index in [1.807, 2.05) is 12.1 Å². The van der Waals surface area contributed by atoms with Gasteiger partial charge in [0.25, 0.3) is 0 Å². The van der Waals surface area contributed by atoms with Crippen LogP contribution in [0.1, 0.15) is 5.89 Å². The first kappa shape index (κ1) is 12.4. The van der Waals surface area contributed by atoms with Gasteiger partial charge in [-0.2, -0.15) is 4.98 Å². The molecule has 3 aromatic heterocycles. The molecule has 0 bridgehead atoms. The second kappa shape index (κ2) is 4.88. The predicted octanol–water partition coefficient (Wildman–Crippen LogP) is 1.67. The lowest BCUT2D eigenvalue weighted by Gasteiger charge is -2.04. The van der Waals surface area contributed by atoms with Gasteiger partial charge in [0.2, 0.25) is 17.6 Å². The van der Waals surface area contributed by atoms with Crippen molar-refractivity contribution >= 4 is 5.65 Å². The number of ether oxygens (including phenoxy) is 1. The molecule has 9 nitrogen and oxygen atoms in total. The smallest absolute Gasteiger partial charge is 0.239 e. The molecule has 0 radical (unpaired) electrons. The Balaban J connectivity index is 1.57. The van der Waals surface area contributed by atoms with Crippen molar-refractivity contribution in [2.75, 3.05) is 0 Å². The molecular formula is C13H9N7O2. The van der Waals surface area contributed by atoms with Crippen molar-refractivity contribution < 1.29 is 9.26 Å². The number of hydrogen-bond acceptors (Lipinski definition) is 8. The summed E-state index contributed by atoms with van der Waals surface area (Å²) in [6.45, 7) is 1.74. The zero-order valence-corrected chi connectivity index (χ0v) is 11.4. The quantitative estimate of drug-likeness (QED) is 0.562. The molecular weight excluding hydrogens is 286 g/mol. The SMILES string of the molecule is Cc1nc(-c2ccc(Oc3ccc4nnnn4n3)cc2)no1. The number of rotatable bonds is 3. The van der Waals surface area contributed by atoms with Crippen LogP contribution in [-0.2, 0) is 0 Å². The monoisotopic (exact) mass is 295 g/mol. The summed E-state index contributed by atoms with van der Waals surface area (Å²) in [6, 6.07) is 10.7. The summed E-state index contributed by atoms with van der Waals surface area (Å²) in [5.41, 5.74) is 1.39. The van der Waals surface area contributed by atoms with Crippen molar-refractivity contribution in [3.05, 3.63) is 42.3 Å². The van der Waals surface area contributed by atoms with Crippen LogP contribution in [-0.4, -0.2) is 35.4 Å². The molecule has 3 heterocycles. The third-order valence-electron chi connectivity index (χ3n) is 2.91. The molecule has 0 spiro atoms. The summed E-state index contributed by atoms with van der Waals surface area (Å²) >= 11 is 0.